The fourth-order valence-electron chi connectivity index (χ4n) is 1.98. The molecule has 0 spiro atoms. The zero-order valence-corrected chi connectivity index (χ0v) is 16.0. The number of ether oxygens (including phenoxy) is 2. The molecule has 0 radical (unpaired) electrons. The number of benzene rings is 1. The molecule has 142 valence electrons. The number of aromatic nitrogens is 2. The number of carbonyl (C=O) groups excluding carboxylic acids is 1. The van der Waals surface area contributed by atoms with Crippen LogP contribution in [0.3, 0.4) is 0 Å². The van der Waals surface area contributed by atoms with Gasteiger partial charge in [0.25, 0.3) is 0 Å². The van der Waals surface area contributed by atoms with E-state index >= 15 is 0 Å². The summed E-state index contributed by atoms with van der Waals surface area (Å²) in [6.07, 6.45) is 0.423. The summed E-state index contributed by atoms with van der Waals surface area (Å²) in [6, 6.07) is 5.04. The van der Waals surface area contributed by atoms with Crippen molar-refractivity contribution in [2.45, 2.75) is 38.1 Å². The lowest BCUT2D eigenvalue weighted by Gasteiger charge is -2.19. The van der Waals surface area contributed by atoms with Crippen LogP contribution in [-0.4, -0.2) is 43.6 Å². The molecule has 0 saturated carbocycles. The molecule has 1 aromatic carbocycles. The van der Waals surface area contributed by atoms with Gasteiger partial charge < -0.3 is 19.3 Å². The molecule has 26 heavy (non-hydrogen) atoms. The van der Waals surface area contributed by atoms with Crippen LogP contribution in [0.25, 0.3) is 11.4 Å². The Balaban J connectivity index is 2.23. The Morgan fingerprint density at radius 2 is 1.96 bits per heavy atom. The average molecular weight is 383 g/mol. The van der Waals surface area contributed by atoms with Crippen molar-refractivity contribution in [3.63, 3.8) is 0 Å². The van der Waals surface area contributed by atoms with Gasteiger partial charge in [0, 0.05) is 18.4 Å². The molecular formula is C16H21N3O6S. The lowest BCUT2D eigenvalue weighted by molar-refractivity contribution is 0.0523. The number of hydrogen-bond donors (Lipinski definition) is 1. The van der Waals surface area contributed by atoms with Crippen LogP contribution in [0.15, 0.2) is 27.9 Å². The molecule has 0 unspecified atom stereocenters. The highest BCUT2D eigenvalue weighted by Crippen LogP contribution is 2.25. The maximum Gasteiger partial charge on any atom is 0.407 e. The highest BCUT2D eigenvalue weighted by molar-refractivity contribution is 7.90. The van der Waals surface area contributed by atoms with Gasteiger partial charge in [0.2, 0.25) is 15.7 Å². The first kappa shape index (κ1) is 19.7. The molecule has 1 aromatic heterocycles. The van der Waals surface area contributed by atoms with Crippen molar-refractivity contribution in [1.82, 2.24) is 15.5 Å². The Kier molecular flexibility index (Phi) is 5.55. The van der Waals surface area contributed by atoms with Gasteiger partial charge in [0.1, 0.15) is 11.4 Å². The lowest BCUT2D eigenvalue weighted by Crippen LogP contribution is -2.32. The van der Waals surface area contributed by atoms with E-state index in [0.717, 1.165) is 6.26 Å². The van der Waals surface area contributed by atoms with E-state index in [1.165, 1.54) is 7.11 Å². The van der Waals surface area contributed by atoms with E-state index in [-0.39, 0.29) is 12.4 Å². The van der Waals surface area contributed by atoms with Crippen LogP contribution in [-0.2, 0) is 21.1 Å². The predicted molar refractivity (Wildman–Crippen MR) is 92.5 cm³/mol. The Labute approximate surface area is 151 Å². The van der Waals surface area contributed by atoms with E-state index < -0.39 is 26.8 Å². The Bertz CT molecular complexity index is 899. The summed E-state index contributed by atoms with van der Waals surface area (Å²) < 4.78 is 38.1. The van der Waals surface area contributed by atoms with Gasteiger partial charge in [-0.15, -0.1) is 0 Å². The van der Waals surface area contributed by atoms with E-state index in [4.69, 9.17) is 14.0 Å². The van der Waals surface area contributed by atoms with Gasteiger partial charge >= 0.3 is 11.3 Å². The molecule has 0 bridgehead atoms. The molecule has 10 heteroatoms. The second-order valence-corrected chi connectivity index (χ2v) is 8.47. The van der Waals surface area contributed by atoms with Crippen molar-refractivity contribution in [2.75, 3.05) is 13.4 Å². The molecule has 2 aromatic rings. The molecule has 9 nitrogen and oxygen atoms in total. The smallest absolute Gasteiger partial charge is 0.407 e. The largest absolute Gasteiger partial charge is 0.497 e. The van der Waals surface area contributed by atoms with Gasteiger partial charge in [-0.3, -0.25) is 0 Å². The monoisotopic (exact) mass is 383 g/mol. The van der Waals surface area contributed by atoms with E-state index in [0.29, 0.717) is 16.9 Å². The molecule has 0 atom stereocenters. The molecule has 1 heterocycles. The molecule has 2 rings (SSSR count). The fourth-order valence-corrected chi connectivity index (χ4v) is 2.40. The van der Waals surface area contributed by atoms with E-state index in [1.54, 1.807) is 39.0 Å². The normalized spacial score (nSPS) is 11.9. The maximum atomic E-state index is 11.8. The van der Waals surface area contributed by atoms with Crippen LogP contribution >= 0.6 is 0 Å². The molecule has 0 aliphatic carbocycles. The summed E-state index contributed by atoms with van der Waals surface area (Å²) in [6.45, 7) is 5.49. The van der Waals surface area contributed by atoms with Crippen LogP contribution < -0.4 is 10.1 Å². The van der Waals surface area contributed by atoms with Crippen molar-refractivity contribution in [3.8, 4) is 17.1 Å². The number of hydrogen-bond acceptors (Lipinski definition) is 8. The van der Waals surface area contributed by atoms with Crippen LogP contribution in [0.5, 0.6) is 5.75 Å². The summed E-state index contributed by atoms with van der Waals surface area (Å²) in [5, 5.41) is 5.85. The maximum absolute atomic E-state index is 11.8. The molecule has 0 fully saturated rings. The third-order valence-electron chi connectivity index (χ3n) is 3.02. The number of nitrogens with zero attached hydrogens (tertiary/aromatic N) is 2. The van der Waals surface area contributed by atoms with Crippen molar-refractivity contribution >= 4 is 15.9 Å². The summed E-state index contributed by atoms with van der Waals surface area (Å²) >= 11 is 0. The van der Waals surface area contributed by atoms with Crippen LogP contribution in [0.2, 0.25) is 0 Å². The Morgan fingerprint density at radius 3 is 2.50 bits per heavy atom. The fraction of sp³-hybridized carbons (Fsp3) is 0.438. The molecule has 1 amide bonds. The first-order valence-corrected chi connectivity index (χ1v) is 9.56. The topological polar surface area (TPSA) is 121 Å². The highest BCUT2D eigenvalue weighted by Gasteiger charge is 2.19. The van der Waals surface area contributed by atoms with Crippen molar-refractivity contribution in [2.24, 2.45) is 0 Å². The van der Waals surface area contributed by atoms with Crippen molar-refractivity contribution < 1.29 is 27.2 Å². The SMILES string of the molecule is COc1cc(CNC(=O)OC(C)(C)C)cc(-c2noc(S(C)(=O)=O)n2)c1. The number of nitrogens with one attached hydrogen (secondary N) is 1. The minimum Gasteiger partial charge on any atom is -0.497 e. The van der Waals surface area contributed by atoms with Gasteiger partial charge in [0.15, 0.2) is 0 Å². The summed E-state index contributed by atoms with van der Waals surface area (Å²) in [7, 11) is -2.11. The molecule has 0 saturated heterocycles. The first-order valence-electron chi connectivity index (χ1n) is 7.67. The van der Waals surface area contributed by atoms with Gasteiger partial charge in [-0.1, -0.05) is 5.16 Å². The number of sulfone groups is 1. The molecular weight excluding hydrogens is 362 g/mol. The summed E-state index contributed by atoms with van der Waals surface area (Å²) in [5.74, 6) is 0.594. The number of methoxy groups -OCH3 is 1. The van der Waals surface area contributed by atoms with E-state index in [2.05, 4.69) is 15.5 Å². The highest BCUT2D eigenvalue weighted by atomic mass is 32.2. The van der Waals surface area contributed by atoms with Gasteiger partial charge in [-0.2, -0.15) is 4.98 Å². The number of carbonyl (C=O) groups is 1. The van der Waals surface area contributed by atoms with Crippen LogP contribution in [0.4, 0.5) is 4.79 Å². The number of rotatable bonds is 5. The second-order valence-electron chi connectivity index (χ2n) is 6.58. The zero-order chi connectivity index (χ0) is 19.5. The first-order chi connectivity index (χ1) is 12.0. The summed E-state index contributed by atoms with van der Waals surface area (Å²) in [5.41, 5.74) is 0.580. The molecule has 1 N–H and O–H groups in total. The van der Waals surface area contributed by atoms with Crippen molar-refractivity contribution in [1.29, 1.82) is 0 Å². The Morgan fingerprint density at radius 1 is 1.27 bits per heavy atom. The minimum absolute atomic E-state index is 0.0999. The van der Waals surface area contributed by atoms with Crippen molar-refractivity contribution in [3.05, 3.63) is 23.8 Å². The lowest BCUT2D eigenvalue weighted by atomic mass is 10.1. The predicted octanol–water partition coefficient (Wildman–Crippen LogP) is 2.17. The van der Waals surface area contributed by atoms with E-state index in [1.807, 2.05) is 0 Å². The summed E-state index contributed by atoms with van der Waals surface area (Å²) in [4.78, 5) is 15.7. The van der Waals surface area contributed by atoms with Crippen LogP contribution in [0.1, 0.15) is 26.3 Å². The molecule has 0 aliphatic rings. The zero-order valence-electron chi connectivity index (χ0n) is 15.2. The minimum atomic E-state index is -3.60. The number of alkyl carbamates (subject to hydrolysis) is 1. The molecule has 0 aliphatic heterocycles. The standard InChI is InChI=1S/C16H21N3O6S/c1-16(2,3)24-14(20)17-9-10-6-11(8-12(7-10)23-4)13-18-15(25-19-13)26(5,21)22/h6-8H,9H2,1-5H3,(H,17,20). The van der Waals surface area contributed by atoms with Gasteiger partial charge in [-0.05, 0) is 44.5 Å². The quantitative estimate of drug-likeness (QED) is 0.834. The Hall–Kier alpha value is -2.62. The second kappa shape index (κ2) is 7.32. The van der Waals surface area contributed by atoms with Crippen LogP contribution in [0, 0.1) is 0 Å². The van der Waals surface area contributed by atoms with E-state index in [9.17, 15) is 13.2 Å². The average Bonchev–Trinajstić information content (AvgIpc) is 3.01. The number of amides is 1. The van der Waals surface area contributed by atoms with Gasteiger partial charge in [-0.25, -0.2) is 13.2 Å². The van der Waals surface area contributed by atoms with Gasteiger partial charge in [0.05, 0.1) is 7.11 Å². The third kappa shape index (κ3) is 5.45. The third-order valence-corrected chi connectivity index (χ3v) is 3.82.